The molecule has 0 aliphatic heterocycles. The van der Waals surface area contributed by atoms with Crippen LogP contribution < -0.4 is 0 Å². The Labute approximate surface area is 105 Å². The molecule has 0 fully saturated rings. The lowest BCUT2D eigenvalue weighted by atomic mass is 10.2. The van der Waals surface area contributed by atoms with Crippen LogP contribution >= 0.6 is 0 Å². The summed E-state index contributed by atoms with van der Waals surface area (Å²) in [5.74, 6) is -0.0555. The molecule has 2 aromatic rings. The van der Waals surface area contributed by atoms with E-state index in [1.54, 1.807) is 42.8 Å². The zero-order valence-corrected chi connectivity index (χ0v) is 10.1. The maximum absolute atomic E-state index is 11.8. The molecule has 2 rings (SSSR count). The van der Waals surface area contributed by atoms with Crippen molar-refractivity contribution in [2.75, 3.05) is 7.05 Å². The van der Waals surface area contributed by atoms with Crippen molar-refractivity contribution in [2.45, 2.75) is 6.54 Å². The molecule has 0 unspecified atom stereocenters. The van der Waals surface area contributed by atoms with Gasteiger partial charge in [-0.05, 0) is 17.7 Å². The number of nitrogens with zero attached hydrogens (tertiary/aromatic N) is 3. The normalized spacial score (nSPS) is 10.7. The molecule has 0 aliphatic carbocycles. The molecule has 1 N–H and O–H groups in total. The van der Waals surface area contributed by atoms with E-state index in [2.05, 4.69) is 15.2 Å². The number of carbonyl (C=O) groups is 1. The molecule has 0 radical (unpaired) electrons. The third-order valence-electron chi connectivity index (χ3n) is 2.45. The molecular formula is C13H14N4O. The Balaban J connectivity index is 1.93. The smallest absolute Gasteiger partial charge is 0.246 e. The van der Waals surface area contributed by atoms with Crippen LogP contribution in [0.3, 0.4) is 0 Å². The van der Waals surface area contributed by atoms with Crippen LogP contribution in [0.15, 0.2) is 43.0 Å². The fourth-order valence-corrected chi connectivity index (χ4v) is 1.49. The van der Waals surface area contributed by atoms with Gasteiger partial charge in [-0.15, -0.1) is 0 Å². The second-order valence-corrected chi connectivity index (χ2v) is 3.92. The Morgan fingerprint density at radius 3 is 3.06 bits per heavy atom. The van der Waals surface area contributed by atoms with Crippen molar-refractivity contribution in [1.82, 2.24) is 20.1 Å². The van der Waals surface area contributed by atoms with Crippen molar-refractivity contribution in [1.29, 1.82) is 0 Å². The number of amides is 1. The van der Waals surface area contributed by atoms with E-state index in [4.69, 9.17) is 0 Å². The quantitative estimate of drug-likeness (QED) is 0.826. The Bertz CT molecular complexity index is 519. The molecule has 0 aliphatic rings. The molecule has 2 heterocycles. The van der Waals surface area contributed by atoms with Crippen LogP contribution in [-0.2, 0) is 11.3 Å². The summed E-state index contributed by atoms with van der Waals surface area (Å²) in [6.45, 7) is 0.534. The van der Waals surface area contributed by atoms with Crippen molar-refractivity contribution >= 4 is 12.0 Å². The standard InChI is InChI=1S/C13H14N4O/c1-17(10-12-8-15-16-9-12)13(18)5-4-11-3-2-6-14-7-11/h2-9H,10H2,1H3,(H,15,16). The van der Waals surface area contributed by atoms with Gasteiger partial charge in [-0.1, -0.05) is 6.07 Å². The molecule has 0 aromatic carbocycles. The molecule has 92 valence electrons. The number of aromatic nitrogens is 3. The van der Waals surface area contributed by atoms with E-state index in [-0.39, 0.29) is 5.91 Å². The molecule has 0 saturated heterocycles. The summed E-state index contributed by atoms with van der Waals surface area (Å²) in [4.78, 5) is 17.4. The Morgan fingerprint density at radius 2 is 2.39 bits per heavy atom. The highest BCUT2D eigenvalue weighted by atomic mass is 16.2. The molecule has 0 saturated carbocycles. The summed E-state index contributed by atoms with van der Waals surface area (Å²) in [5.41, 5.74) is 1.88. The number of H-pyrrole nitrogens is 1. The molecule has 5 heteroatoms. The van der Waals surface area contributed by atoms with Gasteiger partial charge in [-0.25, -0.2) is 0 Å². The average Bonchev–Trinajstić information content (AvgIpc) is 2.90. The van der Waals surface area contributed by atoms with Crippen molar-refractivity contribution in [3.63, 3.8) is 0 Å². The summed E-state index contributed by atoms with van der Waals surface area (Å²) < 4.78 is 0. The first-order chi connectivity index (χ1) is 8.75. The van der Waals surface area contributed by atoms with E-state index in [1.165, 1.54) is 6.08 Å². The lowest BCUT2D eigenvalue weighted by molar-refractivity contribution is -0.125. The van der Waals surface area contributed by atoms with E-state index in [1.807, 2.05) is 12.1 Å². The summed E-state index contributed by atoms with van der Waals surface area (Å²) in [6.07, 6.45) is 10.2. The number of nitrogens with one attached hydrogen (secondary N) is 1. The van der Waals surface area contributed by atoms with E-state index >= 15 is 0 Å². The first-order valence-electron chi connectivity index (χ1n) is 5.56. The third-order valence-corrected chi connectivity index (χ3v) is 2.45. The second kappa shape index (κ2) is 5.77. The van der Waals surface area contributed by atoms with Gasteiger partial charge in [-0.3, -0.25) is 14.9 Å². The lowest BCUT2D eigenvalue weighted by Gasteiger charge is -2.13. The fourth-order valence-electron chi connectivity index (χ4n) is 1.49. The minimum absolute atomic E-state index is 0.0555. The number of pyridine rings is 1. The van der Waals surface area contributed by atoms with Crippen molar-refractivity contribution in [3.05, 3.63) is 54.1 Å². The Kier molecular flexibility index (Phi) is 3.86. The van der Waals surface area contributed by atoms with Crippen LogP contribution in [0.2, 0.25) is 0 Å². The first kappa shape index (κ1) is 12.0. The van der Waals surface area contributed by atoms with Gasteiger partial charge < -0.3 is 4.90 Å². The van der Waals surface area contributed by atoms with Crippen LogP contribution in [0.1, 0.15) is 11.1 Å². The SMILES string of the molecule is CN(Cc1cn[nH]c1)C(=O)C=Cc1cccnc1. The van der Waals surface area contributed by atoms with Crippen LogP contribution in [0, 0.1) is 0 Å². The molecule has 0 bridgehead atoms. The van der Waals surface area contributed by atoms with Gasteiger partial charge in [-0.2, -0.15) is 5.10 Å². The molecule has 0 atom stereocenters. The first-order valence-corrected chi connectivity index (χ1v) is 5.56. The predicted octanol–water partition coefficient (Wildman–Crippen LogP) is 1.48. The van der Waals surface area contributed by atoms with Gasteiger partial charge in [0, 0.05) is 43.8 Å². The number of aromatic amines is 1. The van der Waals surface area contributed by atoms with E-state index in [9.17, 15) is 4.79 Å². The highest BCUT2D eigenvalue weighted by Crippen LogP contribution is 2.03. The van der Waals surface area contributed by atoms with Crippen LogP contribution in [-0.4, -0.2) is 33.0 Å². The summed E-state index contributed by atoms with van der Waals surface area (Å²) in [7, 11) is 1.75. The van der Waals surface area contributed by atoms with Crippen molar-refractivity contribution in [3.8, 4) is 0 Å². The third kappa shape index (κ3) is 3.28. The summed E-state index contributed by atoms with van der Waals surface area (Å²) >= 11 is 0. The molecule has 0 spiro atoms. The largest absolute Gasteiger partial charge is 0.338 e. The number of hydrogen-bond acceptors (Lipinski definition) is 3. The highest BCUT2D eigenvalue weighted by Gasteiger charge is 2.05. The monoisotopic (exact) mass is 242 g/mol. The highest BCUT2D eigenvalue weighted by molar-refractivity contribution is 5.91. The van der Waals surface area contributed by atoms with Gasteiger partial charge in [0.05, 0.1) is 6.20 Å². The van der Waals surface area contributed by atoms with Gasteiger partial charge in [0.15, 0.2) is 0 Å². The molecule has 5 nitrogen and oxygen atoms in total. The number of hydrogen-bond donors (Lipinski definition) is 1. The zero-order chi connectivity index (χ0) is 12.8. The minimum atomic E-state index is -0.0555. The molecule has 1 amide bonds. The van der Waals surface area contributed by atoms with Crippen LogP contribution in [0.4, 0.5) is 0 Å². The number of carbonyl (C=O) groups excluding carboxylic acids is 1. The Hall–Kier alpha value is -2.43. The zero-order valence-electron chi connectivity index (χ0n) is 10.1. The topological polar surface area (TPSA) is 61.9 Å². The van der Waals surface area contributed by atoms with Crippen LogP contribution in [0.5, 0.6) is 0 Å². The van der Waals surface area contributed by atoms with E-state index < -0.39 is 0 Å². The number of rotatable bonds is 4. The molecular weight excluding hydrogens is 228 g/mol. The van der Waals surface area contributed by atoms with E-state index in [0.717, 1.165) is 11.1 Å². The maximum atomic E-state index is 11.8. The molecule has 18 heavy (non-hydrogen) atoms. The van der Waals surface area contributed by atoms with Gasteiger partial charge in [0.25, 0.3) is 0 Å². The van der Waals surface area contributed by atoms with Crippen molar-refractivity contribution < 1.29 is 4.79 Å². The van der Waals surface area contributed by atoms with Crippen molar-refractivity contribution in [2.24, 2.45) is 0 Å². The second-order valence-electron chi connectivity index (χ2n) is 3.92. The van der Waals surface area contributed by atoms with E-state index in [0.29, 0.717) is 6.54 Å². The predicted molar refractivity (Wildman–Crippen MR) is 68.3 cm³/mol. The lowest BCUT2D eigenvalue weighted by Crippen LogP contribution is -2.23. The average molecular weight is 242 g/mol. The van der Waals surface area contributed by atoms with Gasteiger partial charge in [0.2, 0.25) is 5.91 Å². The van der Waals surface area contributed by atoms with Gasteiger partial charge >= 0.3 is 0 Å². The summed E-state index contributed by atoms with van der Waals surface area (Å²) in [6, 6.07) is 3.73. The molecule has 2 aromatic heterocycles. The number of likely N-dealkylation sites (N-methyl/N-ethyl adjacent to an activating group) is 1. The van der Waals surface area contributed by atoms with Crippen LogP contribution in [0.25, 0.3) is 6.08 Å². The van der Waals surface area contributed by atoms with Gasteiger partial charge in [0.1, 0.15) is 0 Å². The minimum Gasteiger partial charge on any atom is -0.338 e. The maximum Gasteiger partial charge on any atom is 0.246 e. The Morgan fingerprint density at radius 1 is 1.50 bits per heavy atom. The summed E-state index contributed by atoms with van der Waals surface area (Å²) in [5, 5.41) is 6.56. The fraction of sp³-hybridized carbons (Fsp3) is 0.154.